The molecule has 0 aliphatic rings. The van der Waals surface area contributed by atoms with Gasteiger partial charge in [-0.05, 0) is 12.2 Å². The van der Waals surface area contributed by atoms with Crippen molar-refractivity contribution in [1.29, 1.82) is 0 Å². The number of nitrogens with zero attached hydrogens (tertiary/aromatic N) is 2. The van der Waals surface area contributed by atoms with Crippen molar-refractivity contribution in [1.82, 2.24) is 14.9 Å². The molecule has 0 aliphatic carbocycles. The first-order valence-electron chi connectivity index (χ1n) is 4.36. The zero-order chi connectivity index (χ0) is 11.6. The number of aromatic amines is 1. The average Bonchev–Trinajstić information content (AvgIpc) is 2.13. The van der Waals surface area contributed by atoms with Crippen LogP contribution in [0.4, 0.5) is 0 Å². The highest BCUT2D eigenvalue weighted by molar-refractivity contribution is 7.71. The molecule has 84 valence electrons. The summed E-state index contributed by atoms with van der Waals surface area (Å²) >= 11 is 4.78. The summed E-state index contributed by atoms with van der Waals surface area (Å²) in [6.45, 7) is 4.06. The fraction of sp³-hybridized carbons (Fsp3) is 0.625. The van der Waals surface area contributed by atoms with Gasteiger partial charge in [0.05, 0.1) is 6.61 Å². The smallest absolute Gasteiger partial charge is 0.295 e. The summed E-state index contributed by atoms with van der Waals surface area (Å²) in [4.78, 5) is 11.7. The maximum absolute atomic E-state index is 11.7. The first-order valence-corrected chi connectivity index (χ1v) is 4.77. The minimum absolute atomic E-state index is 0.0944. The van der Waals surface area contributed by atoms with Crippen molar-refractivity contribution in [2.75, 3.05) is 19.6 Å². The summed E-state index contributed by atoms with van der Waals surface area (Å²) in [5.74, 6) is 5.46. The van der Waals surface area contributed by atoms with Crippen molar-refractivity contribution < 1.29 is 4.74 Å². The lowest BCUT2D eigenvalue weighted by Gasteiger charge is -2.21. The van der Waals surface area contributed by atoms with Crippen LogP contribution in [-0.4, -0.2) is 28.6 Å². The molecule has 0 amide bonds. The second-order valence-electron chi connectivity index (χ2n) is 3.87. The van der Waals surface area contributed by atoms with Gasteiger partial charge in [-0.3, -0.25) is 9.89 Å². The highest BCUT2D eigenvalue weighted by atomic mass is 32.1. The van der Waals surface area contributed by atoms with Gasteiger partial charge in [-0.25, -0.2) is 0 Å². The Morgan fingerprint density at radius 1 is 1.67 bits per heavy atom. The van der Waals surface area contributed by atoms with Crippen LogP contribution in [0.3, 0.4) is 0 Å². The average molecular weight is 230 g/mol. The largest absolute Gasteiger partial charge is 0.384 e. The van der Waals surface area contributed by atoms with Crippen LogP contribution in [-0.2, 0) is 10.2 Å². The molecule has 0 unspecified atom stereocenters. The zero-order valence-corrected chi connectivity index (χ0v) is 9.72. The Kier molecular flexibility index (Phi) is 3.25. The van der Waals surface area contributed by atoms with Crippen LogP contribution in [0, 0.1) is 4.77 Å². The molecular formula is C8H14N4O2S. The minimum Gasteiger partial charge on any atom is -0.384 e. The molecule has 0 saturated carbocycles. The quantitative estimate of drug-likeness (QED) is 0.561. The van der Waals surface area contributed by atoms with Crippen LogP contribution in [0.2, 0.25) is 0 Å². The van der Waals surface area contributed by atoms with E-state index in [-0.39, 0.29) is 4.77 Å². The van der Waals surface area contributed by atoms with E-state index in [0.717, 1.165) is 4.68 Å². The number of rotatable bonds is 3. The summed E-state index contributed by atoms with van der Waals surface area (Å²) in [5, 5.41) is 6.43. The predicted octanol–water partition coefficient (Wildman–Crippen LogP) is -0.0613. The number of hydrogen-bond acceptors (Lipinski definition) is 5. The Morgan fingerprint density at radius 2 is 2.27 bits per heavy atom. The Labute approximate surface area is 92.0 Å². The fourth-order valence-electron chi connectivity index (χ4n) is 1.28. The van der Waals surface area contributed by atoms with E-state index in [1.807, 2.05) is 13.8 Å². The molecule has 0 spiro atoms. The molecule has 0 aliphatic heterocycles. The van der Waals surface area contributed by atoms with Gasteiger partial charge >= 0.3 is 0 Å². The number of methoxy groups -OCH3 is 1. The first-order chi connectivity index (χ1) is 6.90. The van der Waals surface area contributed by atoms with Gasteiger partial charge in [-0.1, -0.05) is 13.8 Å². The van der Waals surface area contributed by atoms with E-state index >= 15 is 0 Å². The molecule has 3 N–H and O–H groups in total. The van der Waals surface area contributed by atoms with Gasteiger partial charge in [0.15, 0.2) is 0 Å². The maximum Gasteiger partial charge on any atom is 0.295 e. The SMILES string of the molecule is COCC(C)(C)c1n[nH]c(=S)n(N)c1=O. The van der Waals surface area contributed by atoms with Crippen molar-refractivity contribution in [3.05, 3.63) is 20.8 Å². The van der Waals surface area contributed by atoms with Crippen molar-refractivity contribution in [3.63, 3.8) is 0 Å². The number of aromatic nitrogens is 3. The molecule has 15 heavy (non-hydrogen) atoms. The van der Waals surface area contributed by atoms with E-state index in [2.05, 4.69) is 10.2 Å². The minimum atomic E-state index is -0.507. The third kappa shape index (κ3) is 2.24. The van der Waals surface area contributed by atoms with Crippen LogP contribution in [0.15, 0.2) is 4.79 Å². The summed E-state index contributed by atoms with van der Waals surface area (Å²) in [6, 6.07) is 0. The number of ether oxygens (including phenoxy) is 1. The summed E-state index contributed by atoms with van der Waals surface area (Å²) in [5.41, 5.74) is -0.604. The van der Waals surface area contributed by atoms with Crippen molar-refractivity contribution in [3.8, 4) is 0 Å². The zero-order valence-electron chi connectivity index (χ0n) is 8.90. The molecule has 1 heterocycles. The van der Waals surface area contributed by atoms with Gasteiger partial charge in [0.25, 0.3) is 5.56 Å². The number of nitrogens with one attached hydrogen (secondary N) is 1. The second kappa shape index (κ2) is 4.11. The van der Waals surface area contributed by atoms with Gasteiger partial charge in [0.2, 0.25) is 4.77 Å². The predicted molar refractivity (Wildman–Crippen MR) is 58.7 cm³/mol. The number of H-pyrrole nitrogens is 1. The van der Waals surface area contributed by atoms with Gasteiger partial charge in [-0.15, -0.1) is 0 Å². The Balaban J connectivity index is 3.34. The van der Waals surface area contributed by atoms with E-state index in [1.165, 1.54) is 0 Å². The van der Waals surface area contributed by atoms with Crippen LogP contribution < -0.4 is 11.4 Å². The molecule has 0 atom stereocenters. The number of nitrogen functional groups attached to an aromatic ring is 1. The third-order valence-corrected chi connectivity index (χ3v) is 2.34. The monoisotopic (exact) mass is 230 g/mol. The summed E-state index contributed by atoms with van der Waals surface area (Å²) < 4.78 is 5.98. The maximum atomic E-state index is 11.7. The van der Waals surface area contributed by atoms with Gasteiger partial charge in [-0.2, -0.15) is 9.77 Å². The molecule has 7 heteroatoms. The molecule has 6 nitrogen and oxygen atoms in total. The molecule has 0 fully saturated rings. The highest BCUT2D eigenvalue weighted by Crippen LogP contribution is 2.16. The molecular weight excluding hydrogens is 216 g/mol. The number of nitrogens with two attached hydrogens (primary N) is 1. The Hall–Kier alpha value is -1.21. The Bertz CT molecular complexity index is 462. The molecule has 1 rings (SSSR count). The first kappa shape index (κ1) is 11.9. The Morgan fingerprint density at radius 3 is 2.80 bits per heavy atom. The van der Waals surface area contributed by atoms with Gasteiger partial charge in [0.1, 0.15) is 5.69 Å². The molecule has 0 radical (unpaired) electrons. The van der Waals surface area contributed by atoms with E-state index in [0.29, 0.717) is 12.3 Å². The van der Waals surface area contributed by atoms with E-state index in [1.54, 1.807) is 7.11 Å². The van der Waals surface area contributed by atoms with E-state index in [4.69, 9.17) is 22.8 Å². The van der Waals surface area contributed by atoms with Crippen molar-refractivity contribution in [2.45, 2.75) is 19.3 Å². The lowest BCUT2D eigenvalue weighted by Crippen LogP contribution is -2.40. The third-order valence-electron chi connectivity index (χ3n) is 2.05. The standard InChI is InChI=1S/C8H14N4O2S/c1-8(2,4-14-3)5-6(13)12(9)7(15)11-10-5/h4,9H2,1-3H3,(H,11,15). The summed E-state index contributed by atoms with van der Waals surface area (Å²) in [7, 11) is 1.56. The topological polar surface area (TPSA) is 85.9 Å². The van der Waals surface area contributed by atoms with Crippen molar-refractivity contribution in [2.24, 2.45) is 0 Å². The van der Waals surface area contributed by atoms with Crippen LogP contribution in [0.25, 0.3) is 0 Å². The lowest BCUT2D eigenvalue weighted by atomic mass is 9.91. The fourth-order valence-corrected chi connectivity index (χ4v) is 1.41. The number of hydrogen-bond donors (Lipinski definition) is 2. The van der Waals surface area contributed by atoms with E-state index in [9.17, 15) is 4.79 Å². The molecule has 1 aromatic rings. The molecule has 0 aromatic carbocycles. The van der Waals surface area contributed by atoms with Gasteiger partial charge < -0.3 is 10.6 Å². The molecule has 1 aromatic heterocycles. The summed E-state index contributed by atoms with van der Waals surface area (Å²) in [6.07, 6.45) is 0. The van der Waals surface area contributed by atoms with E-state index < -0.39 is 11.0 Å². The molecule has 0 bridgehead atoms. The highest BCUT2D eigenvalue weighted by Gasteiger charge is 2.26. The van der Waals surface area contributed by atoms with Crippen molar-refractivity contribution >= 4 is 12.2 Å². The normalized spacial score (nSPS) is 11.7. The van der Waals surface area contributed by atoms with Crippen LogP contribution >= 0.6 is 12.2 Å². The van der Waals surface area contributed by atoms with Crippen LogP contribution in [0.5, 0.6) is 0 Å². The lowest BCUT2D eigenvalue weighted by molar-refractivity contribution is 0.143. The second-order valence-corrected chi connectivity index (χ2v) is 4.26. The van der Waals surface area contributed by atoms with Gasteiger partial charge in [0, 0.05) is 12.5 Å². The molecule has 0 saturated heterocycles. The van der Waals surface area contributed by atoms with Crippen LogP contribution in [0.1, 0.15) is 19.5 Å².